The molecule has 1 aliphatic rings. The lowest BCUT2D eigenvalue weighted by Crippen LogP contribution is -2.21. The van der Waals surface area contributed by atoms with Crippen LogP contribution in [0.25, 0.3) is 10.2 Å². The van der Waals surface area contributed by atoms with Crippen LogP contribution in [0.4, 0.5) is 5.82 Å². The minimum atomic E-state index is 0.344. The molecule has 0 aliphatic heterocycles. The third-order valence-electron chi connectivity index (χ3n) is 2.90. The zero-order chi connectivity index (χ0) is 11.3. The van der Waals surface area contributed by atoms with Gasteiger partial charge in [-0.05, 0) is 37.4 Å². The Kier molecular flexibility index (Phi) is 2.30. The first-order chi connectivity index (χ1) is 7.65. The van der Waals surface area contributed by atoms with Gasteiger partial charge in [-0.3, -0.25) is 0 Å². The van der Waals surface area contributed by atoms with Gasteiger partial charge in [0.25, 0.3) is 0 Å². The van der Waals surface area contributed by atoms with E-state index in [1.54, 1.807) is 11.3 Å². The first kappa shape index (κ1) is 10.3. The van der Waals surface area contributed by atoms with Crippen molar-refractivity contribution in [3.8, 4) is 0 Å². The molecule has 0 amide bonds. The lowest BCUT2D eigenvalue weighted by atomic mass is 10.3. The SMILES string of the molecule is Cc1cc2c(N(C)C3CC3)nc(Cl)nc2s1. The fraction of sp³-hybridized carbons (Fsp3) is 0.455. The third-order valence-corrected chi connectivity index (χ3v) is 4.01. The van der Waals surface area contributed by atoms with Crippen LogP contribution in [0.1, 0.15) is 17.7 Å². The Morgan fingerprint density at radius 2 is 2.19 bits per heavy atom. The van der Waals surface area contributed by atoms with E-state index in [0.717, 1.165) is 16.0 Å². The quantitative estimate of drug-likeness (QED) is 0.770. The summed E-state index contributed by atoms with van der Waals surface area (Å²) in [6, 6.07) is 2.78. The van der Waals surface area contributed by atoms with Gasteiger partial charge in [0.1, 0.15) is 10.6 Å². The predicted molar refractivity (Wildman–Crippen MR) is 68.6 cm³/mol. The number of fused-ring (bicyclic) bond motifs is 1. The standard InChI is InChI=1S/C11H12ClN3S/c1-6-5-8-9(15(2)7-3-4-7)13-11(12)14-10(8)16-6/h5,7H,3-4H2,1-2H3. The van der Waals surface area contributed by atoms with Crippen molar-refractivity contribution in [1.82, 2.24) is 9.97 Å². The molecule has 1 saturated carbocycles. The summed E-state index contributed by atoms with van der Waals surface area (Å²) in [6.07, 6.45) is 2.51. The van der Waals surface area contributed by atoms with E-state index in [-0.39, 0.29) is 0 Å². The van der Waals surface area contributed by atoms with Crippen LogP contribution < -0.4 is 4.90 Å². The second-order valence-corrected chi connectivity index (χ2v) is 5.81. The monoisotopic (exact) mass is 253 g/mol. The summed E-state index contributed by atoms with van der Waals surface area (Å²) in [5.41, 5.74) is 0. The molecule has 2 aromatic rings. The zero-order valence-electron chi connectivity index (χ0n) is 9.20. The maximum atomic E-state index is 5.96. The predicted octanol–water partition coefficient (Wildman–Crippen LogP) is 3.25. The molecule has 2 aromatic heterocycles. The highest BCUT2D eigenvalue weighted by Crippen LogP contribution is 2.36. The highest BCUT2D eigenvalue weighted by molar-refractivity contribution is 7.18. The van der Waals surface area contributed by atoms with Gasteiger partial charge in [0.15, 0.2) is 0 Å². The fourth-order valence-electron chi connectivity index (χ4n) is 1.91. The molecule has 5 heteroatoms. The van der Waals surface area contributed by atoms with Crippen LogP contribution in [-0.4, -0.2) is 23.1 Å². The van der Waals surface area contributed by atoms with Crippen molar-refractivity contribution in [2.24, 2.45) is 0 Å². The van der Waals surface area contributed by atoms with Crippen molar-refractivity contribution in [3.63, 3.8) is 0 Å². The van der Waals surface area contributed by atoms with Crippen LogP contribution in [0.15, 0.2) is 6.07 Å². The molecule has 2 heterocycles. The number of hydrogen-bond acceptors (Lipinski definition) is 4. The number of halogens is 1. The molecule has 0 aromatic carbocycles. The first-order valence-corrected chi connectivity index (χ1v) is 6.51. The van der Waals surface area contributed by atoms with Crippen molar-refractivity contribution < 1.29 is 0 Å². The molecule has 3 nitrogen and oxygen atoms in total. The van der Waals surface area contributed by atoms with Crippen LogP contribution in [0.3, 0.4) is 0 Å². The average molecular weight is 254 g/mol. The van der Waals surface area contributed by atoms with Gasteiger partial charge < -0.3 is 4.90 Å². The van der Waals surface area contributed by atoms with Gasteiger partial charge in [-0.25, -0.2) is 4.98 Å². The van der Waals surface area contributed by atoms with Crippen LogP contribution >= 0.6 is 22.9 Å². The number of rotatable bonds is 2. The molecule has 0 unspecified atom stereocenters. The largest absolute Gasteiger partial charge is 0.356 e. The second kappa shape index (κ2) is 3.57. The van der Waals surface area contributed by atoms with E-state index >= 15 is 0 Å². The van der Waals surface area contributed by atoms with Crippen molar-refractivity contribution in [1.29, 1.82) is 0 Å². The lowest BCUT2D eigenvalue weighted by Gasteiger charge is -2.17. The Morgan fingerprint density at radius 3 is 2.88 bits per heavy atom. The van der Waals surface area contributed by atoms with E-state index in [2.05, 4.69) is 34.9 Å². The minimum Gasteiger partial charge on any atom is -0.356 e. The molecule has 3 rings (SSSR count). The molecule has 0 spiro atoms. The van der Waals surface area contributed by atoms with E-state index < -0.39 is 0 Å². The summed E-state index contributed by atoms with van der Waals surface area (Å²) >= 11 is 7.63. The Labute approximate surface area is 103 Å². The normalized spacial score (nSPS) is 15.7. The van der Waals surface area contributed by atoms with E-state index in [1.807, 2.05) is 0 Å². The molecular weight excluding hydrogens is 242 g/mol. The number of aryl methyl sites for hydroxylation is 1. The maximum absolute atomic E-state index is 5.96. The van der Waals surface area contributed by atoms with Crippen LogP contribution in [-0.2, 0) is 0 Å². The molecule has 16 heavy (non-hydrogen) atoms. The van der Waals surface area contributed by atoms with E-state index in [0.29, 0.717) is 11.3 Å². The summed E-state index contributed by atoms with van der Waals surface area (Å²) in [5.74, 6) is 0.974. The number of anilines is 1. The molecular formula is C11H12ClN3S. The summed E-state index contributed by atoms with van der Waals surface area (Å²) < 4.78 is 0. The summed E-state index contributed by atoms with van der Waals surface area (Å²) in [6.45, 7) is 2.08. The van der Waals surface area contributed by atoms with Crippen molar-refractivity contribution in [3.05, 3.63) is 16.2 Å². The molecule has 0 N–H and O–H groups in total. The Bertz CT molecular complexity index is 547. The van der Waals surface area contributed by atoms with Gasteiger partial charge in [0, 0.05) is 18.0 Å². The topological polar surface area (TPSA) is 29.0 Å². The minimum absolute atomic E-state index is 0.344. The van der Waals surface area contributed by atoms with Gasteiger partial charge in [-0.1, -0.05) is 0 Å². The van der Waals surface area contributed by atoms with Gasteiger partial charge in [0.05, 0.1) is 5.39 Å². The molecule has 84 valence electrons. The number of nitrogens with zero attached hydrogens (tertiary/aromatic N) is 3. The van der Waals surface area contributed by atoms with Crippen molar-refractivity contribution in [2.45, 2.75) is 25.8 Å². The lowest BCUT2D eigenvalue weighted by molar-refractivity contribution is 0.895. The van der Waals surface area contributed by atoms with E-state index in [4.69, 9.17) is 11.6 Å². The van der Waals surface area contributed by atoms with Gasteiger partial charge >= 0.3 is 0 Å². The molecule has 1 fully saturated rings. The van der Waals surface area contributed by atoms with Crippen LogP contribution in [0, 0.1) is 6.92 Å². The van der Waals surface area contributed by atoms with Crippen LogP contribution in [0.5, 0.6) is 0 Å². The Morgan fingerprint density at radius 1 is 1.44 bits per heavy atom. The van der Waals surface area contributed by atoms with Gasteiger partial charge in [0.2, 0.25) is 5.28 Å². The van der Waals surface area contributed by atoms with Crippen molar-refractivity contribution >= 4 is 39.0 Å². The Hall–Kier alpha value is -0.870. The first-order valence-electron chi connectivity index (χ1n) is 5.31. The number of thiophene rings is 1. The second-order valence-electron chi connectivity index (χ2n) is 4.23. The van der Waals surface area contributed by atoms with Gasteiger partial charge in [-0.15, -0.1) is 11.3 Å². The fourth-order valence-corrected chi connectivity index (χ4v) is 2.99. The highest BCUT2D eigenvalue weighted by Gasteiger charge is 2.28. The third kappa shape index (κ3) is 1.66. The number of aromatic nitrogens is 2. The number of hydrogen-bond donors (Lipinski definition) is 0. The Balaban J connectivity index is 2.20. The summed E-state index contributed by atoms with van der Waals surface area (Å²) in [5, 5.41) is 1.47. The molecule has 0 atom stereocenters. The average Bonchev–Trinajstić information content (AvgIpc) is 2.99. The smallest absolute Gasteiger partial charge is 0.225 e. The van der Waals surface area contributed by atoms with Crippen molar-refractivity contribution in [2.75, 3.05) is 11.9 Å². The highest BCUT2D eigenvalue weighted by atomic mass is 35.5. The molecule has 0 radical (unpaired) electrons. The summed E-state index contributed by atoms with van der Waals surface area (Å²) in [4.78, 5) is 13.1. The summed E-state index contributed by atoms with van der Waals surface area (Å²) in [7, 11) is 2.09. The van der Waals surface area contributed by atoms with Crippen LogP contribution in [0.2, 0.25) is 5.28 Å². The van der Waals surface area contributed by atoms with E-state index in [9.17, 15) is 0 Å². The maximum Gasteiger partial charge on any atom is 0.225 e. The zero-order valence-corrected chi connectivity index (χ0v) is 10.8. The molecule has 1 aliphatic carbocycles. The van der Waals surface area contributed by atoms with E-state index in [1.165, 1.54) is 17.7 Å². The molecule has 0 bridgehead atoms. The molecule has 0 saturated heterocycles. The van der Waals surface area contributed by atoms with Gasteiger partial charge in [-0.2, -0.15) is 4.98 Å².